The van der Waals surface area contributed by atoms with Gasteiger partial charge in [0.1, 0.15) is 23.1 Å². The molecule has 0 aliphatic rings. The fraction of sp³-hybridized carbons (Fsp3) is 0.179. The lowest BCUT2D eigenvalue weighted by Crippen LogP contribution is -2.16. The molecule has 0 spiro atoms. The van der Waals surface area contributed by atoms with Crippen LogP contribution < -0.4 is 14.8 Å². The number of para-hydroxylation sites is 2. The SMILES string of the molecule is CCOc1ccccc1-c1nc(CC(=O)Nc2ccccc2COc2ccc(CC#N)cc2)cs1. The lowest BCUT2D eigenvalue weighted by molar-refractivity contribution is -0.115. The fourth-order valence-corrected chi connectivity index (χ4v) is 4.37. The molecule has 1 aromatic heterocycles. The number of carbonyl (C=O) groups is 1. The first kappa shape index (κ1) is 24.0. The maximum Gasteiger partial charge on any atom is 0.230 e. The predicted octanol–water partition coefficient (Wildman–Crippen LogP) is 6.04. The summed E-state index contributed by atoms with van der Waals surface area (Å²) < 4.78 is 11.6. The second-order valence-corrected chi connectivity index (χ2v) is 8.58. The summed E-state index contributed by atoms with van der Waals surface area (Å²) in [6.45, 7) is 2.83. The molecule has 1 heterocycles. The zero-order valence-corrected chi connectivity index (χ0v) is 20.2. The Kier molecular flexibility index (Phi) is 8.10. The van der Waals surface area contributed by atoms with Crippen LogP contribution in [0.15, 0.2) is 78.2 Å². The van der Waals surface area contributed by atoms with E-state index in [0.29, 0.717) is 36.8 Å². The summed E-state index contributed by atoms with van der Waals surface area (Å²) in [5.41, 5.74) is 4.15. The molecule has 3 aromatic carbocycles. The van der Waals surface area contributed by atoms with Crippen molar-refractivity contribution >= 4 is 22.9 Å². The van der Waals surface area contributed by atoms with Crippen LogP contribution in [0, 0.1) is 11.3 Å². The van der Waals surface area contributed by atoms with Crippen LogP contribution in [0.2, 0.25) is 0 Å². The Morgan fingerprint density at radius 2 is 1.80 bits per heavy atom. The minimum Gasteiger partial charge on any atom is -0.493 e. The number of thiazole rings is 1. The lowest BCUT2D eigenvalue weighted by Gasteiger charge is -2.12. The van der Waals surface area contributed by atoms with Crippen molar-refractivity contribution in [2.45, 2.75) is 26.4 Å². The van der Waals surface area contributed by atoms with E-state index in [1.165, 1.54) is 11.3 Å². The van der Waals surface area contributed by atoms with Crippen molar-refractivity contribution in [3.8, 4) is 28.1 Å². The van der Waals surface area contributed by atoms with Crippen LogP contribution in [0.4, 0.5) is 5.69 Å². The molecular formula is C28H25N3O3S. The largest absolute Gasteiger partial charge is 0.493 e. The molecule has 1 amide bonds. The fourth-order valence-electron chi connectivity index (χ4n) is 3.52. The van der Waals surface area contributed by atoms with Gasteiger partial charge in [-0.25, -0.2) is 4.98 Å². The van der Waals surface area contributed by atoms with E-state index >= 15 is 0 Å². The Morgan fingerprint density at radius 1 is 1.03 bits per heavy atom. The molecule has 176 valence electrons. The number of anilines is 1. The average molecular weight is 484 g/mol. The predicted molar refractivity (Wildman–Crippen MR) is 138 cm³/mol. The molecule has 0 atom stereocenters. The summed E-state index contributed by atoms with van der Waals surface area (Å²) in [5, 5.41) is 14.5. The molecule has 1 N–H and O–H groups in total. The van der Waals surface area contributed by atoms with Gasteiger partial charge in [0, 0.05) is 16.6 Å². The molecule has 0 saturated heterocycles. The van der Waals surface area contributed by atoms with Gasteiger partial charge in [-0.1, -0.05) is 42.5 Å². The Labute approximate surface area is 208 Å². The van der Waals surface area contributed by atoms with Crippen molar-refractivity contribution in [1.82, 2.24) is 4.98 Å². The number of carbonyl (C=O) groups excluding carboxylic acids is 1. The molecule has 7 heteroatoms. The summed E-state index contributed by atoms with van der Waals surface area (Å²) in [6.07, 6.45) is 0.539. The molecule has 35 heavy (non-hydrogen) atoms. The molecule has 0 unspecified atom stereocenters. The van der Waals surface area contributed by atoms with Gasteiger partial charge in [-0.05, 0) is 42.8 Å². The van der Waals surface area contributed by atoms with E-state index < -0.39 is 0 Å². The van der Waals surface area contributed by atoms with Gasteiger partial charge >= 0.3 is 0 Å². The van der Waals surface area contributed by atoms with Crippen LogP contribution in [0.5, 0.6) is 11.5 Å². The number of nitrogens with one attached hydrogen (secondary N) is 1. The third-order valence-corrected chi connectivity index (χ3v) is 6.13. The van der Waals surface area contributed by atoms with Crippen LogP contribution in [0.3, 0.4) is 0 Å². The highest BCUT2D eigenvalue weighted by Gasteiger charge is 2.14. The first-order valence-corrected chi connectivity index (χ1v) is 12.2. The Balaban J connectivity index is 1.38. The monoisotopic (exact) mass is 483 g/mol. The normalized spacial score (nSPS) is 10.4. The second-order valence-electron chi connectivity index (χ2n) is 7.72. The third-order valence-electron chi connectivity index (χ3n) is 5.20. The smallest absolute Gasteiger partial charge is 0.230 e. The highest BCUT2D eigenvalue weighted by Crippen LogP contribution is 2.32. The average Bonchev–Trinajstić information content (AvgIpc) is 3.33. The quantitative estimate of drug-likeness (QED) is 0.297. The molecule has 4 rings (SSSR count). The van der Waals surface area contributed by atoms with E-state index in [-0.39, 0.29) is 12.3 Å². The van der Waals surface area contributed by atoms with E-state index in [0.717, 1.165) is 27.4 Å². The third kappa shape index (κ3) is 6.46. The van der Waals surface area contributed by atoms with E-state index in [1.807, 2.05) is 85.1 Å². The molecule has 6 nitrogen and oxygen atoms in total. The van der Waals surface area contributed by atoms with Crippen molar-refractivity contribution in [3.05, 3.63) is 95.0 Å². The number of ether oxygens (including phenoxy) is 2. The van der Waals surface area contributed by atoms with Gasteiger partial charge in [-0.2, -0.15) is 5.26 Å². The zero-order valence-electron chi connectivity index (χ0n) is 19.4. The number of nitrogens with zero attached hydrogens (tertiary/aromatic N) is 2. The maximum absolute atomic E-state index is 12.8. The molecular weight excluding hydrogens is 458 g/mol. The summed E-state index contributed by atoms with van der Waals surface area (Å²) >= 11 is 1.49. The van der Waals surface area contributed by atoms with Crippen LogP contribution >= 0.6 is 11.3 Å². The standard InChI is InChI=1S/C28H25N3O3S/c1-2-33-26-10-6-4-8-24(26)28-30-22(19-35-28)17-27(32)31-25-9-5-3-7-21(25)18-34-23-13-11-20(12-14-23)15-16-29/h3-14,19H,2,15,17-18H2,1H3,(H,31,32). The zero-order chi connectivity index (χ0) is 24.5. The summed E-state index contributed by atoms with van der Waals surface area (Å²) in [7, 11) is 0. The van der Waals surface area contributed by atoms with Crippen LogP contribution in [-0.2, 0) is 24.2 Å². The second kappa shape index (κ2) is 11.8. The van der Waals surface area contributed by atoms with Crippen molar-refractivity contribution in [1.29, 1.82) is 5.26 Å². The van der Waals surface area contributed by atoms with Crippen LogP contribution in [0.1, 0.15) is 23.7 Å². The van der Waals surface area contributed by atoms with Gasteiger partial charge in [0.15, 0.2) is 0 Å². The number of aromatic nitrogens is 1. The number of nitriles is 1. The highest BCUT2D eigenvalue weighted by molar-refractivity contribution is 7.13. The first-order chi connectivity index (χ1) is 17.2. The first-order valence-electron chi connectivity index (χ1n) is 11.3. The maximum atomic E-state index is 12.8. The number of hydrogen-bond donors (Lipinski definition) is 1. The molecule has 4 aromatic rings. The summed E-state index contributed by atoms with van der Waals surface area (Å²) in [5.74, 6) is 1.34. The van der Waals surface area contributed by atoms with Gasteiger partial charge in [0.05, 0.1) is 36.8 Å². The summed E-state index contributed by atoms with van der Waals surface area (Å²) in [4.78, 5) is 17.4. The van der Waals surface area contributed by atoms with Crippen LogP contribution in [0.25, 0.3) is 10.6 Å². The van der Waals surface area contributed by atoms with Crippen molar-refractivity contribution in [2.75, 3.05) is 11.9 Å². The van der Waals surface area contributed by atoms with E-state index in [1.54, 1.807) is 0 Å². The van der Waals surface area contributed by atoms with Crippen molar-refractivity contribution < 1.29 is 14.3 Å². The highest BCUT2D eigenvalue weighted by atomic mass is 32.1. The summed E-state index contributed by atoms with van der Waals surface area (Å²) in [6, 6.07) is 24.9. The van der Waals surface area contributed by atoms with Gasteiger partial charge < -0.3 is 14.8 Å². The van der Waals surface area contributed by atoms with Gasteiger partial charge in [-0.3, -0.25) is 4.79 Å². The van der Waals surface area contributed by atoms with Crippen molar-refractivity contribution in [3.63, 3.8) is 0 Å². The Morgan fingerprint density at radius 3 is 2.60 bits per heavy atom. The lowest BCUT2D eigenvalue weighted by atomic mass is 10.1. The number of rotatable bonds is 10. The van der Waals surface area contributed by atoms with Crippen LogP contribution in [-0.4, -0.2) is 17.5 Å². The molecule has 0 saturated carbocycles. The van der Waals surface area contributed by atoms with Gasteiger partial charge in [0.25, 0.3) is 0 Å². The van der Waals surface area contributed by atoms with Gasteiger partial charge in [0.2, 0.25) is 5.91 Å². The minimum atomic E-state index is -0.145. The number of benzene rings is 3. The molecule has 0 aliphatic carbocycles. The molecule has 0 bridgehead atoms. The number of amides is 1. The minimum absolute atomic E-state index is 0.145. The molecule has 0 aliphatic heterocycles. The topological polar surface area (TPSA) is 84.2 Å². The van der Waals surface area contributed by atoms with E-state index in [4.69, 9.17) is 14.7 Å². The van der Waals surface area contributed by atoms with Crippen molar-refractivity contribution in [2.24, 2.45) is 0 Å². The Hall–Kier alpha value is -4.15. The molecule has 0 fully saturated rings. The van der Waals surface area contributed by atoms with E-state index in [2.05, 4.69) is 16.4 Å². The van der Waals surface area contributed by atoms with Gasteiger partial charge in [-0.15, -0.1) is 11.3 Å². The van der Waals surface area contributed by atoms with E-state index in [9.17, 15) is 4.79 Å². The number of hydrogen-bond acceptors (Lipinski definition) is 6. The molecule has 0 radical (unpaired) electrons. The Bertz CT molecular complexity index is 1330.